The number of nitrogens with one attached hydrogen (secondary N) is 1. The van der Waals surface area contributed by atoms with Gasteiger partial charge in [0.05, 0.1) is 6.10 Å². The van der Waals surface area contributed by atoms with Crippen molar-refractivity contribution in [2.24, 2.45) is 5.92 Å². The van der Waals surface area contributed by atoms with E-state index in [4.69, 9.17) is 4.74 Å². The Bertz CT molecular complexity index is 481. The van der Waals surface area contributed by atoms with Crippen LogP contribution in [0.3, 0.4) is 0 Å². The van der Waals surface area contributed by atoms with Gasteiger partial charge in [-0.2, -0.15) is 0 Å². The molecule has 0 saturated heterocycles. The van der Waals surface area contributed by atoms with Crippen LogP contribution in [-0.4, -0.2) is 23.2 Å². The molecule has 0 spiro atoms. The van der Waals surface area contributed by atoms with Crippen LogP contribution in [-0.2, 0) is 11.3 Å². The summed E-state index contributed by atoms with van der Waals surface area (Å²) in [6.45, 7) is 4.62. The van der Waals surface area contributed by atoms with Gasteiger partial charge in [-0.3, -0.25) is 4.79 Å². The van der Waals surface area contributed by atoms with E-state index in [-0.39, 0.29) is 0 Å². The lowest BCUT2D eigenvalue weighted by molar-refractivity contribution is -0.140. The van der Waals surface area contributed by atoms with Crippen LogP contribution in [0, 0.1) is 5.92 Å². The Morgan fingerprint density at radius 2 is 2.09 bits per heavy atom. The molecule has 1 fully saturated rings. The predicted molar refractivity (Wildman–Crippen MR) is 87.0 cm³/mol. The molecule has 122 valence electrons. The van der Waals surface area contributed by atoms with Gasteiger partial charge in [0, 0.05) is 6.54 Å². The molecule has 0 bridgehead atoms. The summed E-state index contributed by atoms with van der Waals surface area (Å²) in [6.07, 6.45) is 5.75. The molecule has 1 saturated carbocycles. The maximum Gasteiger partial charge on any atom is 0.320 e. The van der Waals surface area contributed by atoms with E-state index >= 15 is 0 Å². The van der Waals surface area contributed by atoms with E-state index in [1.807, 2.05) is 38.1 Å². The van der Waals surface area contributed by atoms with Crippen LogP contribution in [0.2, 0.25) is 0 Å². The fourth-order valence-corrected chi connectivity index (χ4v) is 2.91. The summed E-state index contributed by atoms with van der Waals surface area (Å²) in [5.74, 6) is 0.458. The Balaban J connectivity index is 1.90. The molecule has 4 heteroatoms. The molecule has 1 aliphatic carbocycles. The maximum atomic E-state index is 11.3. The summed E-state index contributed by atoms with van der Waals surface area (Å²) in [7, 11) is 0. The van der Waals surface area contributed by atoms with Crippen molar-refractivity contribution in [2.45, 2.75) is 64.6 Å². The molecule has 1 aromatic rings. The number of benzene rings is 1. The monoisotopic (exact) mass is 305 g/mol. The van der Waals surface area contributed by atoms with Crippen molar-refractivity contribution in [1.82, 2.24) is 5.32 Å². The molecule has 22 heavy (non-hydrogen) atoms. The van der Waals surface area contributed by atoms with E-state index in [1.165, 1.54) is 12.8 Å². The summed E-state index contributed by atoms with van der Waals surface area (Å²) < 4.78 is 5.99. The Morgan fingerprint density at radius 1 is 1.36 bits per heavy atom. The highest BCUT2D eigenvalue weighted by Gasteiger charge is 2.19. The van der Waals surface area contributed by atoms with Gasteiger partial charge in [-0.15, -0.1) is 0 Å². The molecule has 0 radical (unpaired) electrons. The molecular weight excluding hydrogens is 278 g/mol. The van der Waals surface area contributed by atoms with Crippen LogP contribution < -0.4 is 10.1 Å². The molecule has 0 aromatic heterocycles. The fourth-order valence-electron chi connectivity index (χ4n) is 2.91. The van der Waals surface area contributed by atoms with Crippen LogP contribution in [0.25, 0.3) is 0 Å². The first-order chi connectivity index (χ1) is 10.5. The molecule has 2 N–H and O–H groups in total. The highest BCUT2D eigenvalue weighted by atomic mass is 16.5. The van der Waals surface area contributed by atoms with Gasteiger partial charge >= 0.3 is 5.97 Å². The van der Waals surface area contributed by atoms with Crippen LogP contribution >= 0.6 is 0 Å². The van der Waals surface area contributed by atoms with Crippen molar-refractivity contribution in [1.29, 1.82) is 0 Å². The molecule has 1 aromatic carbocycles. The zero-order valence-electron chi connectivity index (χ0n) is 13.5. The Morgan fingerprint density at radius 3 is 2.73 bits per heavy atom. The average molecular weight is 305 g/mol. The van der Waals surface area contributed by atoms with Crippen LogP contribution in [0.4, 0.5) is 0 Å². The summed E-state index contributed by atoms with van der Waals surface area (Å²) >= 11 is 0. The highest BCUT2D eigenvalue weighted by Crippen LogP contribution is 2.24. The van der Waals surface area contributed by atoms with Gasteiger partial charge in [0.1, 0.15) is 11.8 Å². The van der Waals surface area contributed by atoms with E-state index in [9.17, 15) is 9.90 Å². The quantitative estimate of drug-likeness (QED) is 0.770. The Labute approximate surface area is 132 Å². The molecule has 0 aliphatic heterocycles. The maximum absolute atomic E-state index is 11.3. The highest BCUT2D eigenvalue weighted by molar-refractivity contribution is 5.73. The number of ether oxygens (including phenoxy) is 1. The molecule has 0 amide bonds. The van der Waals surface area contributed by atoms with Crippen molar-refractivity contribution in [3.63, 3.8) is 0 Å². The number of hydrogen-bond acceptors (Lipinski definition) is 3. The topological polar surface area (TPSA) is 58.6 Å². The summed E-state index contributed by atoms with van der Waals surface area (Å²) in [5, 5.41) is 12.4. The molecule has 1 unspecified atom stereocenters. The Kier molecular flexibility index (Phi) is 6.25. The molecular formula is C18H27NO3. The molecule has 4 nitrogen and oxygen atoms in total. The summed E-state index contributed by atoms with van der Waals surface area (Å²) in [6, 6.07) is 7.46. The second-order valence-electron chi connectivity index (χ2n) is 6.57. The van der Waals surface area contributed by atoms with E-state index < -0.39 is 12.0 Å². The van der Waals surface area contributed by atoms with Crippen molar-refractivity contribution in [2.75, 3.05) is 0 Å². The minimum absolute atomic E-state index is 0.343. The third-order valence-electron chi connectivity index (χ3n) is 4.06. The van der Waals surface area contributed by atoms with Crippen LogP contribution in [0.15, 0.2) is 24.3 Å². The van der Waals surface area contributed by atoms with Gasteiger partial charge in [0.25, 0.3) is 0 Å². The van der Waals surface area contributed by atoms with Gasteiger partial charge < -0.3 is 15.2 Å². The first kappa shape index (κ1) is 16.8. The lowest BCUT2D eigenvalue weighted by Crippen LogP contribution is -2.37. The van der Waals surface area contributed by atoms with Gasteiger partial charge in [-0.25, -0.2) is 0 Å². The molecule has 0 heterocycles. The SMILES string of the molecule is CC(C)CC(NCc1cccc(OC2CCCC2)c1)C(=O)O. The Hall–Kier alpha value is -1.55. The van der Waals surface area contributed by atoms with Crippen molar-refractivity contribution >= 4 is 5.97 Å². The van der Waals surface area contributed by atoms with Gasteiger partial charge in [-0.1, -0.05) is 26.0 Å². The van der Waals surface area contributed by atoms with E-state index in [2.05, 4.69) is 5.32 Å². The third-order valence-corrected chi connectivity index (χ3v) is 4.06. The van der Waals surface area contributed by atoms with E-state index in [0.717, 1.165) is 24.2 Å². The number of carboxylic acids is 1. The van der Waals surface area contributed by atoms with E-state index in [1.54, 1.807) is 0 Å². The van der Waals surface area contributed by atoms with Crippen molar-refractivity contribution < 1.29 is 14.6 Å². The normalized spacial score (nSPS) is 16.9. The number of carboxylic acid groups (broad SMARTS) is 1. The third kappa shape index (κ3) is 5.34. The minimum Gasteiger partial charge on any atom is -0.490 e. The van der Waals surface area contributed by atoms with Gasteiger partial charge in [-0.05, 0) is 55.7 Å². The predicted octanol–water partition coefficient (Wildman–Crippen LogP) is 3.60. The number of rotatable bonds is 8. The standard InChI is InChI=1S/C18H27NO3/c1-13(2)10-17(18(20)21)19-12-14-6-5-9-16(11-14)22-15-7-3-4-8-15/h5-6,9,11,13,15,17,19H,3-4,7-8,10,12H2,1-2H3,(H,20,21). The second-order valence-corrected chi connectivity index (χ2v) is 6.57. The van der Waals surface area contributed by atoms with Crippen molar-refractivity contribution in [3.05, 3.63) is 29.8 Å². The van der Waals surface area contributed by atoms with Crippen LogP contribution in [0.1, 0.15) is 51.5 Å². The minimum atomic E-state index is -0.785. The van der Waals surface area contributed by atoms with Crippen molar-refractivity contribution in [3.8, 4) is 5.75 Å². The smallest absolute Gasteiger partial charge is 0.320 e. The number of hydrogen-bond donors (Lipinski definition) is 2. The average Bonchev–Trinajstić information content (AvgIpc) is 2.96. The number of aliphatic carboxylic acids is 1. The first-order valence-electron chi connectivity index (χ1n) is 8.26. The lowest BCUT2D eigenvalue weighted by Gasteiger charge is -2.17. The summed E-state index contributed by atoms with van der Waals surface area (Å²) in [4.78, 5) is 11.3. The lowest BCUT2D eigenvalue weighted by atomic mass is 10.0. The molecule has 1 aliphatic rings. The fraction of sp³-hybridized carbons (Fsp3) is 0.611. The zero-order chi connectivity index (χ0) is 15.9. The first-order valence-corrected chi connectivity index (χ1v) is 8.26. The van der Waals surface area contributed by atoms with Crippen LogP contribution in [0.5, 0.6) is 5.75 Å². The van der Waals surface area contributed by atoms with Gasteiger partial charge in [0.15, 0.2) is 0 Å². The summed E-state index contributed by atoms with van der Waals surface area (Å²) in [5.41, 5.74) is 1.06. The van der Waals surface area contributed by atoms with E-state index in [0.29, 0.717) is 25.0 Å². The zero-order valence-corrected chi connectivity index (χ0v) is 13.5. The van der Waals surface area contributed by atoms with Gasteiger partial charge in [0.2, 0.25) is 0 Å². The molecule has 1 atom stereocenters. The molecule has 2 rings (SSSR count). The second kappa shape index (κ2) is 8.18. The number of carbonyl (C=O) groups is 1. The largest absolute Gasteiger partial charge is 0.490 e.